The van der Waals surface area contributed by atoms with E-state index < -0.39 is 0 Å². The molecule has 0 heterocycles. The van der Waals surface area contributed by atoms with Gasteiger partial charge in [-0.2, -0.15) is 0 Å². The maximum absolute atomic E-state index is 11.7. The second kappa shape index (κ2) is 8.85. The van der Waals surface area contributed by atoms with Crippen LogP contribution in [0.3, 0.4) is 0 Å². The molecule has 0 saturated heterocycles. The van der Waals surface area contributed by atoms with Crippen LogP contribution in [0.1, 0.15) is 25.0 Å². The molecule has 116 valence electrons. The number of benzene rings is 2. The second-order valence-corrected chi connectivity index (χ2v) is 5.02. The topological polar surface area (TPSA) is 50.4 Å². The molecule has 2 aromatic carbocycles. The molecule has 4 heteroatoms. The standard InChI is InChI=1S/C18H22N2O2/c1-15(16-9-4-2-5-10-16)22-14-8-13-19-18(21)20-17-11-6-3-7-12-17/h2-7,9-12,15H,8,13-14H2,1H3,(H2,19,20,21). The van der Waals surface area contributed by atoms with Gasteiger partial charge in [-0.15, -0.1) is 0 Å². The Morgan fingerprint density at radius 2 is 1.68 bits per heavy atom. The largest absolute Gasteiger partial charge is 0.374 e. The molecule has 2 N–H and O–H groups in total. The van der Waals surface area contributed by atoms with Gasteiger partial charge in [0.25, 0.3) is 0 Å². The lowest BCUT2D eigenvalue weighted by Crippen LogP contribution is -2.30. The average molecular weight is 298 g/mol. The van der Waals surface area contributed by atoms with E-state index in [0.717, 1.165) is 17.7 Å². The molecule has 0 radical (unpaired) electrons. The zero-order valence-electron chi connectivity index (χ0n) is 12.8. The first-order chi connectivity index (χ1) is 10.8. The van der Waals surface area contributed by atoms with Gasteiger partial charge in [-0.3, -0.25) is 0 Å². The molecule has 0 aliphatic rings. The molecule has 0 spiro atoms. The average Bonchev–Trinajstić information content (AvgIpc) is 2.56. The highest BCUT2D eigenvalue weighted by molar-refractivity contribution is 5.89. The third kappa shape index (κ3) is 5.58. The monoisotopic (exact) mass is 298 g/mol. The fraction of sp³-hybridized carbons (Fsp3) is 0.278. The molecule has 4 nitrogen and oxygen atoms in total. The zero-order chi connectivity index (χ0) is 15.6. The smallest absolute Gasteiger partial charge is 0.319 e. The highest BCUT2D eigenvalue weighted by Gasteiger charge is 2.04. The number of nitrogens with one attached hydrogen (secondary N) is 2. The fourth-order valence-corrected chi connectivity index (χ4v) is 2.05. The lowest BCUT2D eigenvalue weighted by molar-refractivity contribution is 0.0644. The van der Waals surface area contributed by atoms with Gasteiger partial charge in [-0.25, -0.2) is 4.79 Å². The molecule has 2 aromatic rings. The first kappa shape index (κ1) is 16.0. The Hall–Kier alpha value is -2.33. The number of urea groups is 1. The molecule has 0 fully saturated rings. The Bertz CT molecular complexity index is 558. The normalized spacial score (nSPS) is 11.7. The minimum absolute atomic E-state index is 0.0688. The van der Waals surface area contributed by atoms with E-state index in [9.17, 15) is 4.79 Å². The Balaban J connectivity index is 1.58. The highest BCUT2D eigenvalue weighted by Crippen LogP contribution is 2.15. The molecule has 0 bridgehead atoms. The predicted molar refractivity (Wildman–Crippen MR) is 88.9 cm³/mol. The summed E-state index contributed by atoms with van der Waals surface area (Å²) in [6.45, 7) is 3.23. The van der Waals surface area contributed by atoms with Gasteiger partial charge < -0.3 is 15.4 Å². The summed E-state index contributed by atoms with van der Waals surface area (Å²) >= 11 is 0. The van der Waals surface area contributed by atoms with Crippen molar-refractivity contribution in [2.24, 2.45) is 0 Å². The van der Waals surface area contributed by atoms with Crippen LogP contribution in [0.5, 0.6) is 0 Å². The number of carbonyl (C=O) groups excluding carboxylic acids is 1. The molecular weight excluding hydrogens is 276 g/mol. The zero-order valence-corrected chi connectivity index (χ0v) is 12.8. The summed E-state index contributed by atoms with van der Waals surface area (Å²) in [4.78, 5) is 11.7. The van der Waals surface area contributed by atoms with Gasteiger partial charge in [0.05, 0.1) is 6.10 Å². The number of amides is 2. The van der Waals surface area contributed by atoms with Crippen molar-refractivity contribution in [3.05, 3.63) is 66.2 Å². The number of hydrogen-bond donors (Lipinski definition) is 2. The van der Waals surface area contributed by atoms with E-state index in [0.29, 0.717) is 13.2 Å². The van der Waals surface area contributed by atoms with Crippen LogP contribution in [0.15, 0.2) is 60.7 Å². The number of ether oxygens (including phenoxy) is 1. The molecule has 0 aromatic heterocycles. The van der Waals surface area contributed by atoms with Crippen molar-refractivity contribution < 1.29 is 9.53 Å². The van der Waals surface area contributed by atoms with Crippen molar-refractivity contribution in [3.63, 3.8) is 0 Å². The van der Waals surface area contributed by atoms with Crippen molar-refractivity contribution in [2.75, 3.05) is 18.5 Å². The Labute approximate surface area is 131 Å². The Morgan fingerprint density at radius 3 is 2.36 bits per heavy atom. The van der Waals surface area contributed by atoms with Crippen LogP contribution >= 0.6 is 0 Å². The molecule has 0 aliphatic carbocycles. The van der Waals surface area contributed by atoms with Crippen LogP contribution in [0.25, 0.3) is 0 Å². The SMILES string of the molecule is CC(OCCCNC(=O)Nc1ccccc1)c1ccccc1. The maximum atomic E-state index is 11.7. The van der Waals surface area contributed by atoms with Crippen LogP contribution in [-0.2, 0) is 4.74 Å². The summed E-state index contributed by atoms with van der Waals surface area (Å²) in [7, 11) is 0. The van der Waals surface area contributed by atoms with Gasteiger partial charge in [0.2, 0.25) is 0 Å². The molecule has 2 amide bonds. The van der Waals surface area contributed by atoms with Crippen LogP contribution in [0.2, 0.25) is 0 Å². The van der Waals surface area contributed by atoms with E-state index in [1.54, 1.807) is 0 Å². The number of hydrogen-bond acceptors (Lipinski definition) is 2. The summed E-state index contributed by atoms with van der Waals surface area (Å²) in [6.07, 6.45) is 0.846. The van der Waals surface area contributed by atoms with Gasteiger partial charge in [0.15, 0.2) is 0 Å². The minimum atomic E-state index is -0.192. The van der Waals surface area contributed by atoms with E-state index in [1.807, 2.05) is 55.5 Å². The van der Waals surface area contributed by atoms with E-state index in [2.05, 4.69) is 22.8 Å². The molecule has 22 heavy (non-hydrogen) atoms. The molecule has 0 saturated carbocycles. The van der Waals surface area contributed by atoms with E-state index in [1.165, 1.54) is 0 Å². The highest BCUT2D eigenvalue weighted by atomic mass is 16.5. The molecule has 1 atom stereocenters. The summed E-state index contributed by atoms with van der Waals surface area (Å²) in [5.41, 5.74) is 1.95. The summed E-state index contributed by atoms with van der Waals surface area (Å²) < 4.78 is 5.76. The molecular formula is C18H22N2O2. The summed E-state index contributed by atoms with van der Waals surface area (Å²) in [5, 5.41) is 5.59. The number of anilines is 1. The van der Waals surface area contributed by atoms with Gasteiger partial charge in [0, 0.05) is 18.8 Å². The van der Waals surface area contributed by atoms with Gasteiger partial charge in [-0.05, 0) is 31.0 Å². The minimum Gasteiger partial charge on any atom is -0.374 e. The van der Waals surface area contributed by atoms with Gasteiger partial charge in [-0.1, -0.05) is 48.5 Å². The van der Waals surface area contributed by atoms with Gasteiger partial charge >= 0.3 is 6.03 Å². The van der Waals surface area contributed by atoms with Crippen LogP contribution < -0.4 is 10.6 Å². The Morgan fingerprint density at radius 1 is 1.05 bits per heavy atom. The van der Waals surface area contributed by atoms with Gasteiger partial charge in [0.1, 0.15) is 0 Å². The van der Waals surface area contributed by atoms with E-state index in [4.69, 9.17) is 4.74 Å². The summed E-state index contributed by atoms with van der Waals surface area (Å²) in [5.74, 6) is 0. The number of carbonyl (C=O) groups is 1. The van der Waals surface area contributed by atoms with Crippen LogP contribution in [0.4, 0.5) is 10.5 Å². The number of para-hydroxylation sites is 1. The van der Waals surface area contributed by atoms with E-state index >= 15 is 0 Å². The van der Waals surface area contributed by atoms with Crippen molar-refractivity contribution in [3.8, 4) is 0 Å². The third-order valence-corrected chi connectivity index (χ3v) is 3.28. The molecule has 2 rings (SSSR count). The van der Waals surface area contributed by atoms with E-state index in [-0.39, 0.29) is 12.1 Å². The maximum Gasteiger partial charge on any atom is 0.319 e. The predicted octanol–water partition coefficient (Wildman–Crippen LogP) is 3.98. The van der Waals surface area contributed by atoms with Crippen LogP contribution in [0, 0.1) is 0 Å². The third-order valence-electron chi connectivity index (χ3n) is 3.28. The van der Waals surface area contributed by atoms with Crippen LogP contribution in [-0.4, -0.2) is 19.2 Å². The number of rotatable bonds is 7. The Kier molecular flexibility index (Phi) is 6.45. The molecule has 1 unspecified atom stereocenters. The van der Waals surface area contributed by atoms with Crippen molar-refractivity contribution in [2.45, 2.75) is 19.4 Å². The second-order valence-electron chi connectivity index (χ2n) is 5.02. The quantitative estimate of drug-likeness (QED) is 0.760. The summed E-state index contributed by atoms with van der Waals surface area (Å²) in [6, 6.07) is 19.3. The molecule has 0 aliphatic heterocycles. The van der Waals surface area contributed by atoms with Crippen molar-refractivity contribution in [1.82, 2.24) is 5.32 Å². The first-order valence-corrected chi connectivity index (χ1v) is 7.52. The first-order valence-electron chi connectivity index (χ1n) is 7.52. The van der Waals surface area contributed by atoms with Crippen molar-refractivity contribution >= 4 is 11.7 Å². The van der Waals surface area contributed by atoms with Crippen molar-refractivity contribution in [1.29, 1.82) is 0 Å². The lowest BCUT2D eigenvalue weighted by Gasteiger charge is -2.13. The fourth-order valence-electron chi connectivity index (χ4n) is 2.05. The lowest BCUT2D eigenvalue weighted by atomic mass is 10.1.